The third-order valence-corrected chi connectivity index (χ3v) is 3.78. The number of carbonyl (C=O) groups is 2. The second kappa shape index (κ2) is 5.33. The van der Waals surface area contributed by atoms with Crippen molar-refractivity contribution in [3.8, 4) is 0 Å². The number of ether oxygens (including phenoxy) is 1. The molecular weight excluding hydrogens is 279 g/mol. The molecule has 2 N–H and O–H groups in total. The molecule has 21 heavy (non-hydrogen) atoms. The number of halogens is 1. The molecule has 1 aromatic rings. The summed E-state index contributed by atoms with van der Waals surface area (Å²) in [5.41, 5.74) is -0.182. The minimum atomic E-state index is -1.34. The zero-order chi connectivity index (χ0) is 15.0. The highest BCUT2D eigenvalue weighted by Gasteiger charge is 2.35. The fraction of sp³-hybridized carbons (Fsp3) is 0.429. The van der Waals surface area contributed by atoms with Gasteiger partial charge in [-0.2, -0.15) is 0 Å². The van der Waals surface area contributed by atoms with Gasteiger partial charge in [0.2, 0.25) is 0 Å². The normalized spacial score (nSPS) is 24.0. The van der Waals surface area contributed by atoms with Crippen molar-refractivity contribution in [1.29, 1.82) is 0 Å². The molecule has 2 unspecified atom stereocenters. The molecule has 112 valence electrons. The molecule has 2 saturated heterocycles. The summed E-state index contributed by atoms with van der Waals surface area (Å²) in [7, 11) is 0. The SMILES string of the molecule is O=C(O)c1ccc(NC(=O)N2CC3CCC(C2)O3)cc1F. The van der Waals surface area contributed by atoms with Crippen LogP contribution in [0, 0.1) is 5.82 Å². The van der Waals surface area contributed by atoms with E-state index < -0.39 is 17.3 Å². The first-order valence-corrected chi connectivity index (χ1v) is 6.77. The van der Waals surface area contributed by atoms with Crippen LogP contribution in [0.5, 0.6) is 0 Å². The highest BCUT2D eigenvalue weighted by Crippen LogP contribution is 2.26. The monoisotopic (exact) mass is 294 g/mol. The maximum Gasteiger partial charge on any atom is 0.338 e. The zero-order valence-corrected chi connectivity index (χ0v) is 11.2. The average Bonchev–Trinajstić information content (AvgIpc) is 2.77. The molecule has 2 bridgehead atoms. The number of nitrogens with zero attached hydrogens (tertiary/aromatic N) is 1. The summed E-state index contributed by atoms with van der Waals surface area (Å²) in [5, 5.41) is 11.3. The summed E-state index contributed by atoms with van der Waals surface area (Å²) >= 11 is 0. The van der Waals surface area contributed by atoms with Crippen LogP contribution in [0.15, 0.2) is 18.2 Å². The maximum atomic E-state index is 13.6. The Kier molecular flexibility index (Phi) is 3.50. The van der Waals surface area contributed by atoms with Crippen molar-refractivity contribution in [2.45, 2.75) is 25.0 Å². The molecule has 3 rings (SSSR count). The highest BCUT2D eigenvalue weighted by atomic mass is 19.1. The summed E-state index contributed by atoms with van der Waals surface area (Å²) in [4.78, 5) is 24.5. The van der Waals surface area contributed by atoms with Crippen LogP contribution in [0.3, 0.4) is 0 Å². The quantitative estimate of drug-likeness (QED) is 0.873. The Labute approximate surface area is 120 Å². The molecule has 1 aromatic carbocycles. The predicted molar refractivity (Wildman–Crippen MR) is 71.8 cm³/mol. The van der Waals surface area contributed by atoms with Gasteiger partial charge in [-0.15, -0.1) is 0 Å². The number of nitrogens with one attached hydrogen (secondary N) is 1. The molecule has 0 aliphatic carbocycles. The van der Waals surface area contributed by atoms with Crippen LogP contribution in [0.2, 0.25) is 0 Å². The number of carboxylic acids is 1. The van der Waals surface area contributed by atoms with Crippen LogP contribution in [0.25, 0.3) is 0 Å². The Bertz CT molecular complexity index is 580. The van der Waals surface area contributed by atoms with Gasteiger partial charge in [0, 0.05) is 18.8 Å². The Morgan fingerprint density at radius 3 is 2.52 bits per heavy atom. The van der Waals surface area contributed by atoms with Crippen molar-refractivity contribution in [1.82, 2.24) is 4.90 Å². The number of hydrogen-bond acceptors (Lipinski definition) is 3. The van der Waals surface area contributed by atoms with Gasteiger partial charge in [-0.3, -0.25) is 0 Å². The van der Waals surface area contributed by atoms with Crippen LogP contribution >= 0.6 is 0 Å². The molecule has 0 spiro atoms. The Morgan fingerprint density at radius 2 is 1.95 bits per heavy atom. The van der Waals surface area contributed by atoms with E-state index in [-0.39, 0.29) is 23.9 Å². The highest BCUT2D eigenvalue weighted by molar-refractivity contribution is 5.92. The van der Waals surface area contributed by atoms with Crippen LogP contribution in [-0.4, -0.2) is 47.3 Å². The van der Waals surface area contributed by atoms with Crippen LogP contribution < -0.4 is 5.32 Å². The van der Waals surface area contributed by atoms with Crippen molar-refractivity contribution in [2.75, 3.05) is 18.4 Å². The summed E-state index contributed by atoms with van der Waals surface area (Å²) in [6, 6.07) is 3.20. The van der Waals surface area contributed by atoms with Crippen molar-refractivity contribution < 1.29 is 23.8 Å². The largest absolute Gasteiger partial charge is 0.478 e. The number of morpholine rings is 1. The number of fused-ring (bicyclic) bond motifs is 2. The lowest BCUT2D eigenvalue weighted by Gasteiger charge is -2.32. The van der Waals surface area contributed by atoms with Gasteiger partial charge in [0.25, 0.3) is 0 Å². The molecule has 7 heteroatoms. The van der Waals surface area contributed by atoms with E-state index in [1.165, 1.54) is 6.07 Å². The smallest absolute Gasteiger partial charge is 0.338 e. The van der Waals surface area contributed by atoms with Gasteiger partial charge >= 0.3 is 12.0 Å². The molecule has 2 fully saturated rings. The van der Waals surface area contributed by atoms with Crippen LogP contribution in [-0.2, 0) is 4.74 Å². The first-order chi connectivity index (χ1) is 10.0. The number of amides is 2. The predicted octanol–water partition coefficient (Wildman–Crippen LogP) is 1.92. The lowest BCUT2D eigenvalue weighted by Crippen LogP contribution is -2.47. The molecule has 2 aliphatic heterocycles. The molecule has 0 saturated carbocycles. The average molecular weight is 294 g/mol. The number of rotatable bonds is 2. The number of benzene rings is 1. The minimum absolute atomic E-state index is 0.0839. The number of anilines is 1. The molecule has 0 radical (unpaired) electrons. The van der Waals surface area contributed by atoms with E-state index in [0.29, 0.717) is 13.1 Å². The van der Waals surface area contributed by atoms with Crippen LogP contribution in [0.4, 0.5) is 14.9 Å². The Morgan fingerprint density at radius 1 is 1.29 bits per heavy atom. The lowest BCUT2D eigenvalue weighted by atomic mass is 10.2. The van der Waals surface area contributed by atoms with Gasteiger partial charge in [-0.05, 0) is 31.0 Å². The summed E-state index contributed by atoms with van der Waals surface area (Å²) in [6.07, 6.45) is 2.08. The molecule has 0 aromatic heterocycles. The van der Waals surface area contributed by atoms with E-state index in [2.05, 4.69) is 5.32 Å². The van der Waals surface area contributed by atoms with E-state index in [4.69, 9.17) is 9.84 Å². The first-order valence-electron chi connectivity index (χ1n) is 6.77. The van der Waals surface area contributed by atoms with Crippen LogP contribution in [0.1, 0.15) is 23.2 Å². The van der Waals surface area contributed by atoms with Crippen molar-refractivity contribution in [2.24, 2.45) is 0 Å². The maximum absolute atomic E-state index is 13.6. The lowest BCUT2D eigenvalue weighted by molar-refractivity contribution is -0.0219. The summed E-state index contributed by atoms with van der Waals surface area (Å²) in [6.45, 7) is 1.05. The number of carbonyl (C=O) groups excluding carboxylic acids is 1. The Balaban J connectivity index is 1.67. The molecule has 2 heterocycles. The second-order valence-electron chi connectivity index (χ2n) is 5.29. The van der Waals surface area contributed by atoms with E-state index >= 15 is 0 Å². The Hall–Kier alpha value is -2.15. The third-order valence-electron chi connectivity index (χ3n) is 3.78. The van der Waals surface area contributed by atoms with Gasteiger partial charge in [0.05, 0.1) is 17.8 Å². The topological polar surface area (TPSA) is 78.9 Å². The van der Waals surface area contributed by atoms with Gasteiger partial charge in [-0.25, -0.2) is 14.0 Å². The summed E-state index contributed by atoms with van der Waals surface area (Å²) in [5.74, 6) is -2.21. The van der Waals surface area contributed by atoms with Gasteiger partial charge in [0.1, 0.15) is 5.82 Å². The number of aromatic carboxylic acids is 1. The van der Waals surface area contributed by atoms with E-state index in [1.54, 1.807) is 4.90 Å². The first kappa shape index (κ1) is 13.8. The number of urea groups is 1. The number of hydrogen-bond donors (Lipinski definition) is 2. The molecule has 2 amide bonds. The minimum Gasteiger partial charge on any atom is -0.478 e. The molecular formula is C14H15FN2O4. The van der Waals surface area contributed by atoms with Crippen molar-refractivity contribution >= 4 is 17.7 Å². The van der Waals surface area contributed by atoms with E-state index in [9.17, 15) is 14.0 Å². The molecule has 6 nitrogen and oxygen atoms in total. The second-order valence-corrected chi connectivity index (χ2v) is 5.29. The fourth-order valence-corrected chi connectivity index (χ4v) is 2.75. The molecule has 2 aliphatic rings. The standard InChI is InChI=1S/C14H15FN2O4/c15-12-5-8(1-4-11(12)13(18)19)16-14(20)17-6-9-2-3-10(7-17)21-9/h1,4-5,9-10H,2-3,6-7H2,(H,16,20)(H,18,19). The van der Waals surface area contributed by atoms with Gasteiger partial charge < -0.3 is 20.1 Å². The van der Waals surface area contributed by atoms with Crippen molar-refractivity contribution in [3.05, 3.63) is 29.6 Å². The zero-order valence-electron chi connectivity index (χ0n) is 11.2. The van der Waals surface area contributed by atoms with Gasteiger partial charge in [-0.1, -0.05) is 0 Å². The van der Waals surface area contributed by atoms with E-state index in [0.717, 1.165) is 25.0 Å². The van der Waals surface area contributed by atoms with E-state index in [1.807, 2.05) is 0 Å². The summed E-state index contributed by atoms with van der Waals surface area (Å²) < 4.78 is 19.2. The van der Waals surface area contributed by atoms with Gasteiger partial charge in [0.15, 0.2) is 0 Å². The fourth-order valence-electron chi connectivity index (χ4n) is 2.75. The third kappa shape index (κ3) is 2.82. The van der Waals surface area contributed by atoms with Crippen molar-refractivity contribution in [3.63, 3.8) is 0 Å². The number of likely N-dealkylation sites (tertiary alicyclic amines) is 1. The molecule has 2 atom stereocenters. The number of carboxylic acid groups (broad SMARTS) is 1.